The summed E-state index contributed by atoms with van der Waals surface area (Å²) in [6.45, 7) is 1.23. The molecular formula is C24H20N6O3S2. The fraction of sp³-hybridized carbons (Fsp3) is 0.125. The maximum Gasteiger partial charge on any atom is 0.265 e. The van der Waals surface area contributed by atoms with Crippen LogP contribution in [0, 0.1) is 0 Å². The Morgan fingerprint density at radius 3 is 2.80 bits per heavy atom. The molecule has 0 atom stereocenters. The van der Waals surface area contributed by atoms with E-state index in [4.69, 9.17) is 15.2 Å². The number of amides is 1. The number of nitrogens with zero attached hydrogens (tertiary/aromatic N) is 3. The third-order valence-corrected chi connectivity index (χ3v) is 7.35. The molecule has 1 aliphatic heterocycles. The minimum absolute atomic E-state index is 0.0986. The largest absolute Gasteiger partial charge is 0.484 e. The van der Waals surface area contributed by atoms with Crippen molar-refractivity contribution in [3.05, 3.63) is 72.0 Å². The predicted octanol–water partition coefficient (Wildman–Crippen LogP) is 4.88. The average Bonchev–Trinajstić information content (AvgIpc) is 3.57. The van der Waals surface area contributed by atoms with Crippen LogP contribution < -0.4 is 21.1 Å². The number of nitrogens with one attached hydrogen (secondary N) is 2. The second-order valence-corrected chi connectivity index (χ2v) is 9.99. The Kier molecular flexibility index (Phi) is 5.57. The number of ether oxygens (including phenoxy) is 2. The summed E-state index contributed by atoms with van der Waals surface area (Å²) in [5.41, 5.74) is 8.78. The van der Waals surface area contributed by atoms with Crippen molar-refractivity contribution < 1.29 is 14.3 Å². The number of hydrogen-bond donors (Lipinski definition) is 3. The van der Waals surface area contributed by atoms with Crippen molar-refractivity contribution in [2.24, 2.45) is 0 Å². The monoisotopic (exact) mass is 504 g/mol. The van der Waals surface area contributed by atoms with Gasteiger partial charge in [0.05, 0.1) is 57.4 Å². The van der Waals surface area contributed by atoms with E-state index in [-0.39, 0.29) is 12.0 Å². The van der Waals surface area contributed by atoms with Gasteiger partial charge in [0.1, 0.15) is 17.5 Å². The van der Waals surface area contributed by atoms with Gasteiger partial charge in [0, 0.05) is 6.20 Å². The van der Waals surface area contributed by atoms with E-state index in [1.54, 1.807) is 18.2 Å². The highest BCUT2D eigenvalue weighted by molar-refractivity contribution is 7.20. The number of para-hydroxylation sites is 2. The molecule has 0 spiro atoms. The van der Waals surface area contributed by atoms with Gasteiger partial charge in [-0.1, -0.05) is 23.5 Å². The first-order valence-corrected chi connectivity index (χ1v) is 12.5. The lowest BCUT2D eigenvalue weighted by atomic mass is 10.2. The molecule has 4 N–H and O–H groups in total. The van der Waals surface area contributed by atoms with Gasteiger partial charge in [-0.15, -0.1) is 11.3 Å². The molecule has 5 aromatic rings. The van der Waals surface area contributed by atoms with Crippen molar-refractivity contribution >= 4 is 55.7 Å². The van der Waals surface area contributed by atoms with E-state index in [2.05, 4.69) is 20.6 Å². The maximum atomic E-state index is 12.6. The first kappa shape index (κ1) is 21.6. The summed E-state index contributed by atoms with van der Waals surface area (Å²) < 4.78 is 13.1. The Bertz CT molecular complexity index is 1520. The average molecular weight is 505 g/mol. The molecule has 0 bridgehead atoms. The summed E-state index contributed by atoms with van der Waals surface area (Å²) in [5.74, 6) is 0.563. The molecule has 4 aromatic heterocycles. The zero-order chi connectivity index (χ0) is 23.8. The summed E-state index contributed by atoms with van der Waals surface area (Å²) in [5, 5.41) is 7.67. The van der Waals surface area contributed by atoms with Gasteiger partial charge in [-0.25, -0.2) is 9.97 Å². The van der Waals surface area contributed by atoms with Crippen molar-refractivity contribution in [3.63, 3.8) is 0 Å². The second kappa shape index (κ2) is 9.02. The van der Waals surface area contributed by atoms with E-state index in [1.165, 1.54) is 22.7 Å². The Morgan fingerprint density at radius 2 is 1.97 bits per heavy atom. The SMILES string of the molecule is Nc1ccccc1NC(=O)c1ccc(Nc2ncc(-c3cnc4ccc(OC5COC5)cn34)s2)s1. The number of carbonyl (C=O) groups is 1. The van der Waals surface area contributed by atoms with E-state index in [1.807, 2.05) is 53.3 Å². The molecule has 0 saturated carbocycles. The number of imidazole rings is 1. The van der Waals surface area contributed by atoms with Crippen LogP contribution in [0.3, 0.4) is 0 Å². The number of anilines is 4. The van der Waals surface area contributed by atoms with Gasteiger partial charge in [-0.3, -0.25) is 9.20 Å². The lowest BCUT2D eigenvalue weighted by molar-refractivity contribution is -0.0798. The molecule has 0 radical (unpaired) electrons. The van der Waals surface area contributed by atoms with Crippen LogP contribution in [-0.2, 0) is 4.74 Å². The summed E-state index contributed by atoms with van der Waals surface area (Å²) in [6.07, 6.45) is 5.67. The summed E-state index contributed by atoms with van der Waals surface area (Å²) in [7, 11) is 0. The molecule has 1 amide bonds. The molecule has 1 fully saturated rings. The van der Waals surface area contributed by atoms with Crippen LogP contribution in [-0.4, -0.2) is 39.6 Å². The van der Waals surface area contributed by atoms with Gasteiger partial charge < -0.3 is 25.8 Å². The first-order chi connectivity index (χ1) is 17.1. The predicted molar refractivity (Wildman–Crippen MR) is 138 cm³/mol. The molecule has 6 rings (SSSR count). The zero-order valence-electron chi connectivity index (χ0n) is 18.3. The van der Waals surface area contributed by atoms with Gasteiger partial charge >= 0.3 is 0 Å². The maximum absolute atomic E-state index is 12.6. The molecule has 35 heavy (non-hydrogen) atoms. The van der Waals surface area contributed by atoms with Crippen LogP contribution >= 0.6 is 22.7 Å². The smallest absolute Gasteiger partial charge is 0.265 e. The highest BCUT2D eigenvalue weighted by atomic mass is 32.1. The summed E-state index contributed by atoms with van der Waals surface area (Å²) in [6, 6.07) is 14.7. The zero-order valence-corrected chi connectivity index (χ0v) is 19.9. The number of hydrogen-bond acceptors (Lipinski definition) is 9. The summed E-state index contributed by atoms with van der Waals surface area (Å²) in [4.78, 5) is 23.1. The normalized spacial score (nSPS) is 13.5. The van der Waals surface area contributed by atoms with Gasteiger partial charge in [0.2, 0.25) is 0 Å². The van der Waals surface area contributed by atoms with E-state index in [0.29, 0.717) is 29.5 Å². The molecule has 11 heteroatoms. The van der Waals surface area contributed by atoms with Crippen molar-refractivity contribution in [1.82, 2.24) is 14.4 Å². The number of rotatable bonds is 7. The number of nitrogens with two attached hydrogens (primary N) is 1. The van der Waals surface area contributed by atoms with Crippen LogP contribution in [0.1, 0.15) is 9.67 Å². The number of pyridine rings is 1. The molecule has 9 nitrogen and oxygen atoms in total. The number of carbonyl (C=O) groups excluding carboxylic acids is 1. The van der Waals surface area contributed by atoms with Crippen molar-refractivity contribution in [2.75, 3.05) is 29.6 Å². The Hall–Kier alpha value is -3.93. The molecule has 5 heterocycles. The quantitative estimate of drug-likeness (QED) is 0.271. The van der Waals surface area contributed by atoms with Crippen molar-refractivity contribution in [1.29, 1.82) is 0 Å². The Balaban J connectivity index is 1.17. The number of thiazole rings is 1. The van der Waals surface area contributed by atoms with Crippen LogP contribution in [0.25, 0.3) is 16.2 Å². The molecule has 0 unspecified atom stereocenters. The van der Waals surface area contributed by atoms with Crippen LogP contribution in [0.2, 0.25) is 0 Å². The van der Waals surface area contributed by atoms with E-state index in [0.717, 1.165) is 32.1 Å². The lowest BCUT2D eigenvalue weighted by Gasteiger charge is -2.26. The minimum Gasteiger partial charge on any atom is -0.484 e. The summed E-state index contributed by atoms with van der Waals surface area (Å²) >= 11 is 2.85. The fourth-order valence-electron chi connectivity index (χ4n) is 3.57. The molecule has 176 valence electrons. The number of benzene rings is 1. The Labute approximate surface area is 208 Å². The third-order valence-electron chi connectivity index (χ3n) is 5.42. The van der Waals surface area contributed by atoms with Gasteiger partial charge in [0.15, 0.2) is 5.13 Å². The molecular weight excluding hydrogens is 484 g/mol. The van der Waals surface area contributed by atoms with Crippen molar-refractivity contribution in [2.45, 2.75) is 6.10 Å². The minimum atomic E-state index is -0.210. The second-order valence-electron chi connectivity index (χ2n) is 7.87. The fourth-order valence-corrected chi connectivity index (χ4v) is 5.27. The molecule has 1 aromatic carbocycles. The first-order valence-electron chi connectivity index (χ1n) is 10.8. The van der Waals surface area contributed by atoms with Gasteiger partial charge in [-0.2, -0.15) is 0 Å². The Morgan fingerprint density at radius 1 is 1.09 bits per heavy atom. The van der Waals surface area contributed by atoms with Crippen LogP contribution in [0.15, 0.2) is 67.1 Å². The van der Waals surface area contributed by atoms with Gasteiger partial charge in [0.25, 0.3) is 5.91 Å². The van der Waals surface area contributed by atoms with E-state index < -0.39 is 0 Å². The van der Waals surface area contributed by atoms with Crippen LogP contribution in [0.5, 0.6) is 5.75 Å². The third kappa shape index (κ3) is 4.44. The van der Waals surface area contributed by atoms with E-state index >= 15 is 0 Å². The van der Waals surface area contributed by atoms with E-state index in [9.17, 15) is 4.79 Å². The number of fused-ring (bicyclic) bond motifs is 1. The molecule has 0 aliphatic carbocycles. The lowest BCUT2D eigenvalue weighted by Crippen LogP contribution is -2.38. The van der Waals surface area contributed by atoms with Crippen LogP contribution in [0.4, 0.5) is 21.5 Å². The standard InChI is InChI=1S/C24H20N6O3S2/c25-16-3-1-2-4-17(16)28-23(31)19-6-8-22(34-19)29-24-27-10-20(35-24)18-9-26-21-7-5-14(11-30(18)21)33-15-12-32-13-15/h1-11,15H,12-13,25H2,(H,27,29)(H,28,31). The molecule has 1 aliphatic rings. The van der Waals surface area contributed by atoms with Crippen molar-refractivity contribution in [3.8, 4) is 16.3 Å². The van der Waals surface area contributed by atoms with Gasteiger partial charge in [-0.05, 0) is 36.4 Å². The number of aromatic nitrogens is 3. The highest BCUT2D eigenvalue weighted by Crippen LogP contribution is 2.34. The number of thiophene rings is 1. The number of nitrogen functional groups attached to an aromatic ring is 1. The highest BCUT2D eigenvalue weighted by Gasteiger charge is 2.20. The molecule has 1 saturated heterocycles. The topological polar surface area (TPSA) is 116 Å².